The van der Waals surface area contributed by atoms with Gasteiger partial charge in [-0.05, 0) is 48.7 Å². The van der Waals surface area contributed by atoms with Gasteiger partial charge in [-0.15, -0.1) is 0 Å². The third-order valence-electron chi connectivity index (χ3n) is 2.98. The zero-order chi connectivity index (χ0) is 14.8. The number of hydrogen-bond donors (Lipinski definition) is 2. The standard InChI is InChI=1S/C14H17N3O2S/c1-10-5-13(9-16-8-10)17-20(18,19)14-4-3-11(2)12(6-14)7-15/h3-6,8-9,17H,7,15H2,1-2H3. The van der Waals surface area contributed by atoms with E-state index < -0.39 is 10.0 Å². The second-order valence-electron chi connectivity index (χ2n) is 4.65. The third kappa shape index (κ3) is 3.15. The van der Waals surface area contributed by atoms with Crippen molar-refractivity contribution in [2.75, 3.05) is 4.72 Å². The Morgan fingerprint density at radius 2 is 1.95 bits per heavy atom. The van der Waals surface area contributed by atoms with Crippen LogP contribution < -0.4 is 10.5 Å². The predicted octanol–water partition coefficient (Wildman–Crippen LogP) is 1.96. The van der Waals surface area contributed by atoms with Gasteiger partial charge in [0, 0.05) is 12.7 Å². The van der Waals surface area contributed by atoms with E-state index in [9.17, 15) is 8.42 Å². The number of pyridine rings is 1. The van der Waals surface area contributed by atoms with Gasteiger partial charge in [0.2, 0.25) is 0 Å². The Kier molecular flexibility index (Phi) is 4.06. The molecule has 20 heavy (non-hydrogen) atoms. The van der Waals surface area contributed by atoms with E-state index in [1.807, 2.05) is 13.8 Å². The third-order valence-corrected chi connectivity index (χ3v) is 4.36. The van der Waals surface area contributed by atoms with E-state index in [-0.39, 0.29) is 4.90 Å². The number of anilines is 1. The maximum atomic E-state index is 12.3. The van der Waals surface area contributed by atoms with E-state index in [1.54, 1.807) is 30.5 Å². The van der Waals surface area contributed by atoms with E-state index in [2.05, 4.69) is 9.71 Å². The number of aryl methyl sites for hydroxylation is 2. The molecule has 0 saturated carbocycles. The van der Waals surface area contributed by atoms with Crippen molar-refractivity contribution in [2.24, 2.45) is 5.73 Å². The van der Waals surface area contributed by atoms with E-state index >= 15 is 0 Å². The number of rotatable bonds is 4. The van der Waals surface area contributed by atoms with E-state index in [1.165, 1.54) is 6.20 Å². The van der Waals surface area contributed by atoms with Crippen molar-refractivity contribution in [1.82, 2.24) is 4.98 Å². The molecule has 6 heteroatoms. The van der Waals surface area contributed by atoms with Crippen LogP contribution in [0.5, 0.6) is 0 Å². The smallest absolute Gasteiger partial charge is 0.261 e. The molecule has 0 fully saturated rings. The minimum absolute atomic E-state index is 0.199. The molecule has 0 spiro atoms. The molecule has 0 saturated heterocycles. The highest BCUT2D eigenvalue weighted by Crippen LogP contribution is 2.19. The molecule has 0 unspecified atom stereocenters. The van der Waals surface area contributed by atoms with Crippen LogP contribution in [-0.2, 0) is 16.6 Å². The van der Waals surface area contributed by atoms with Gasteiger partial charge in [-0.1, -0.05) is 6.07 Å². The van der Waals surface area contributed by atoms with Crippen molar-refractivity contribution < 1.29 is 8.42 Å². The minimum Gasteiger partial charge on any atom is -0.326 e. The molecule has 0 aliphatic heterocycles. The molecule has 3 N–H and O–H groups in total. The van der Waals surface area contributed by atoms with Crippen LogP contribution in [0.15, 0.2) is 41.6 Å². The van der Waals surface area contributed by atoms with Gasteiger partial charge >= 0.3 is 0 Å². The molecular weight excluding hydrogens is 274 g/mol. The zero-order valence-electron chi connectivity index (χ0n) is 11.4. The van der Waals surface area contributed by atoms with Gasteiger partial charge in [-0.25, -0.2) is 8.42 Å². The lowest BCUT2D eigenvalue weighted by atomic mass is 10.1. The highest BCUT2D eigenvalue weighted by Gasteiger charge is 2.15. The first-order chi connectivity index (χ1) is 9.42. The fourth-order valence-electron chi connectivity index (χ4n) is 1.86. The maximum absolute atomic E-state index is 12.3. The summed E-state index contributed by atoms with van der Waals surface area (Å²) in [6.07, 6.45) is 3.14. The van der Waals surface area contributed by atoms with Gasteiger partial charge in [0.1, 0.15) is 0 Å². The van der Waals surface area contributed by atoms with Crippen LogP contribution in [0.4, 0.5) is 5.69 Å². The lowest BCUT2D eigenvalue weighted by Gasteiger charge is -2.10. The van der Waals surface area contributed by atoms with Crippen LogP contribution in [0.1, 0.15) is 16.7 Å². The second kappa shape index (κ2) is 5.60. The van der Waals surface area contributed by atoms with Crippen LogP contribution in [0.2, 0.25) is 0 Å². The molecule has 1 aromatic heterocycles. The average Bonchev–Trinajstić information content (AvgIpc) is 2.38. The summed E-state index contributed by atoms with van der Waals surface area (Å²) in [7, 11) is -3.62. The Bertz CT molecular complexity index is 727. The topological polar surface area (TPSA) is 85.1 Å². The fourth-order valence-corrected chi connectivity index (χ4v) is 2.94. The number of hydrogen-bond acceptors (Lipinski definition) is 4. The molecule has 0 bridgehead atoms. The Morgan fingerprint density at radius 3 is 2.60 bits per heavy atom. The monoisotopic (exact) mass is 291 g/mol. The summed E-state index contributed by atoms with van der Waals surface area (Å²) in [6, 6.07) is 6.65. The average molecular weight is 291 g/mol. The number of benzene rings is 1. The molecule has 5 nitrogen and oxygen atoms in total. The van der Waals surface area contributed by atoms with E-state index in [4.69, 9.17) is 5.73 Å². The quantitative estimate of drug-likeness (QED) is 0.901. The molecule has 1 heterocycles. The van der Waals surface area contributed by atoms with Gasteiger partial charge in [0.25, 0.3) is 10.0 Å². The molecule has 1 aromatic carbocycles. The van der Waals surface area contributed by atoms with Crippen LogP contribution in [0.3, 0.4) is 0 Å². The summed E-state index contributed by atoms with van der Waals surface area (Å²) in [5.74, 6) is 0. The molecule has 2 aromatic rings. The van der Waals surface area contributed by atoms with E-state index in [0.717, 1.165) is 16.7 Å². The number of nitrogens with zero attached hydrogens (tertiary/aromatic N) is 1. The largest absolute Gasteiger partial charge is 0.326 e. The van der Waals surface area contributed by atoms with Crippen LogP contribution in [-0.4, -0.2) is 13.4 Å². The van der Waals surface area contributed by atoms with Crippen molar-refractivity contribution in [1.29, 1.82) is 0 Å². The highest BCUT2D eigenvalue weighted by atomic mass is 32.2. The number of aromatic nitrogens is 1. The van der Waals surface area contributed by atoms with Crippen LogP contribution >= 0.6 is 0 Å². The van der Waals surface area contributed by atoms with Gasteiger partial charge in [-0.3, -0.25) is 9.71 Å². The Balaban J connectivity index is 2.35. The van der Waals surface area contributed by atoms with Crippen molar-refractivity contribution >= 4 is 15.7 Å². The predicted molar refractivity (Wildman–Crippen MR) is 78.9 cm³/mol. The number of nitrogens with one attached hydrogen (secondary N) is 1. The molecular formula is C14H17N3O2S. The van der Waals surface area contributed by atoms with Crippen molar-refractivity contribution in [2.45, 2.75) is 25.3 Å². The minimum atomic E-state index is -3.62. The first kappa shape index (κ1) is 14.5. The molecule has 0 atom stereocenters. The van der Waals surface area contributed by atoms with Crippen LogP contribution in [0, 0.1) is 13.8 Å². The normalized spacial score (nSPS) is 11.3. The van der Waals surface area contributed by atoms with Gasteiger partial charge in [0.15, 0.2) is 0 Å². The van der Waals surface area contributed by atoms with Gasteiger partial charge in [-0.2, -0.15) is 0 Å². The summed E-state index contributed by atoms with van der Waals surface area (Å²) in [5, 5.41) is 0. The summed E-state index contributed by atoms with van der Waals surface area (Å²) in [6.45, 7) is 4.06. The first-order valence-electron chi connectivity index (χ1n) is 6.16. The Hall–Kier alpha value is -1.92. The van der Waals surface area contributed by atoms with E-state index in [0.29, 0.717) is 12.2 Å². The molecule has 0 aliphatic rings. The fraction of sp³-hybridized carbons (Fsp3) is 0.214. The lowest BCUT2D eigenvalue weighted by molar-refractivity contribution is 0.601. The van der Waals surface area contributed by atoms with Crippen molar-refractivity contribution in [3.05, 3.63) is 53.3 Å². The Labute approximate surface area is 118 Å². The summed E-state index contributed by atoms with van der Waals surface area (Å²) in [5.41, 5.74) is 8.73. The molecule has 0 aliphatic carbocycles. The van der Waals surface area contributed by atoms with Crippen molar-refractivity contribution in [3.8, 4) is 0 Å². The van der Waals surface area contributed by atoms with Crippen LogP contribution in [0.25, 0.3) is 0 Å². The number of nitrogens with two attached hydrogens (primary N) is 1. The maximum Gasteiger partial charge on any atom is 0.261 e. The summed E-state index contributed by atoms with van der Waals surface area (Å²) >= 11 is 0. The zero-order valence-corrected chi connectivity index (χ0v) is 12.2. The lowest BCUT2D eigenvalue weighted by Crippen LogP contribution is -2.14. The highest BCUT2D eigenvalue weighted by molar-refractivity contribution is 7.92. The Morgan fingerprint density at radius 1 is 1.20 bits per heavy atom. The molecule has 0 radical (unpaired) electrons. The van der Waals surface area contributed by atoms with Gasteiger partial charge < -0.3 is 5.73 Å². The summed E-state index contributed by atoms with van der Waals surface area (Å²) in [4.78, 5) is 4.16. The summed E-state index contributed by atoms with van der Waals surface area (Å²) < 4.78 is 27.1. The first-order valence-corrected chi connectivity index (χ1v) is 7.65. The van der Waals surface area contributed by atoms with Gasteiger partial charge in [0.05, 0.1) is 16.8 Å². The van der Waals surface area contributed by atoms with Crippen molar-refractivity contribution in [3.63, 3.8) is 0 Å². The molecule has 0 amide bonds. The molecule has 2 rings (SSSR count). The SMILES string of the molecule is Cc1cncc(NS(=O)(=O)c2ccc(C)c(CN)c2)c1. The molecule has 106 valence electrons. The number of sulfonamides is 1. The second-order valence-corrected chi connectivity index (χ2v) is 6.33.